The Morgan fingerprint density at radius 2 is 2.06 bits per heavy atom. The number of nitroso groups, excluding NO2 is 1. The molecule has 0 saturated carbocycles. The molecule has 2 aromatic carbocycles. The maximum Gasteiger partial charge on any atom is 0.258 e. The molecule has 0 amide bonds. The highest BCUT2D eigenvalue weighted by Crippen LogP contribution is 2.48. The Hall–Kier alpha value is -3.13. The lowest BCUT2D eigenvalue weighted by Gasteiger charge is -2.23. The van der Waals surface area contributed by atoms with Gasteiger partial charge >= 0.3 is 0 Å². The summed E-state index contributed by atoms with van der Waals surface area (Å²) in [7, 11) is 0. The van der Waals surface area contributed by atoms with Crippen LogP contribution in [0.2, 0.25) is 0 Å². The molecule has 5 rings (SSSR count). The maximum atomic E-state index is 13.7. The lowest BCUT2D eigenvalue weighted by atomic mass is 10.0. The molecule has 1 aliphatic heterocycles. The second kappa shape index (κ2) is 8.09. The van der Waals surface area contributed by atoms with Crippen LogP contribution in [0.15, 0.2) is 52.2 Å². The van der Waals surface area contributed by atoms with Crippen molar-refractivity contribution in [3.05, 3.63) is 58.5 Å². The topological polar surface area (TPSA) is 80.8 Å². The molecule has 0 radical (unpaired) electrons. The molecule has 2 aliphatic rings. The van der Waals surface area contributed by atoms with Crippen molar-refractivity contribution >= 4 is 0 Å². The predicted molar refractivity (Wildman–Crippen MR) is 118 cm³/mol. The molecule has 3 aromatic rings. The monoisotopic (exact) mass is 436 g/mol. The molecule has 2 unspecified atom stereocenters. The number of benzene rings is 2. The highest BCUT2D eigenvalue weighted by Gasteiger charge is 2.42. The Morgan fingerprint density at radius 1 is 1.25 bits per heavy atom. The number of rotatable bonds is 7. The summed E-state index contributed by atoms with van der Waals surface area (Å²) in [6.45, 7) is 4.73. The Bertz CT molecular complexity index is 1120. The zero-order chi connectivity index (χ0) is 22.3. The molecule has 32 heavy (non-hydrogen) atoms. The standard InChI is InChI=1S/C24H25FN4O3/c1-24(2,25)31-17-8-6-15(7-9-17)23-27-22(28-32-23)19-5-3-4-18-20(19)14-16-10-12-29(21(16)18)13-11-26-30/h3-9,16,21H,10-14H2,1-2H3. The van der Waals surface area contributed by atoms with Crippen molar-refractivity contribution in [1.29, 1.82) is 0 Å². The molecule has 7 nitrogen and oxygen atoms in total. The SMILES string of the molecule is CC(C)(F)Oc1ccc(-c2nc(-c3cccc4c3CC3CCN(CCN=O)C43)no2)cc1. The molecule has 1 saturated heterocycles. The van der Waals surface area contributed by atoms with E-state index in [0.717, 1.165) is 30.5 Å². The minimum Gasteiger partial charge on any atom is -0.459 e. The van der Waals surface area contributed by atoms with Gasteiger partial charge in [0, 0.05) is 37.6 Å². The highest BCUT2D eigenvalue weighted by atomic mass is 19.2. The minimum absolute atomic E-state index is 0.319. The zero-order valence-corrected chi connectivity index (χ0v) is 18.1. The number of alkyl halides is 1. The molecule has 2 heterocycles. The van der Waals surface area contributed by atoms with Gasteiger partial charge in [-0.2, -0.15) is 14.3 Å². The van der Waals surface area contributed by atoms with Gasteiger partial charge in [-0.25, -0.2) is 0 Å². The van der Waals surface area contributed by atoms with Crippen LogP contribution in [-0.2, 0) is 6.42 Å². The Balaban J connectivity index is 1.40. The van der Waals surface area contributed by atoms with Crippen molar-refractivity contribution in [2.45, 2.75) is 38.6 Å². The molecule has 0 N–H and O–H groups in total. The number of hydrogen-bond donors (Lipinski definition) is 0. The fourth-order valence-corrected chi connectivity index (χ4v) is 4.99. The van der Waals surface area contributed by atoms with Crippen molar-refractivity contribution in [2.24, 2.45) is 11.1 Å². The first kappa shape index (κ1) is 20.8. The van der Waals surface area contributed by atoms with Crippen LogP contribution in [0.5, 0.6) is 5.75 Å². The Morgan fingerprint density at radius 3 is 2.81 bits per heavy atom. The van der Waals surface area contributed by atoms with E-state index < -0.39 is 5.85 Å². The van der Waals surface area contributed by atoms with Gasteiger partial charge in [0.2, 0.25) is 11.7 Å². The van der Waals surface area contributed by atoms with E-state index in [-0.39, 0.29) is 0 Å². The number of likely N-dealkylation sites (tertiary alicyclic amines) is 1. The Kier molecular flexibility index (Phi) is 5.25. The largest absolute Gasteiger partial charge is 0.459 e. The summed E-state index contributed by atoms with van der Waals surface area (Å²) in [4.78, 5) is 17.6. The summed E-state index contributed by atoms with van der Waals surface area (Å²) in [5, 5.41) is 7.28. The van der Waals surface area contributed by atoms with Crippen LogP contribution in [0.4, 0.5) is 4.39 Å². The second-order valence-electron chi connectivity index (χ2n) is 8.87. The number of hydrogen-bond acceptors (Lipinski definition) is 7. The molecule has 0 spiro atoms. The van der Waals surface area contributed by atoms with Gasteiger partial charge in [-0.15, -0.1) is 0 Å². The minimum atomic E-state index is -1.75. The summed E-state index contributed by atoms with van der Waals surface area (Å²) in [6.07, 6.45) is 2.08. The fourth-order valence-electron chi connectivity index (χ4n) is 4.99. The molecule has 1 fully saturated rings. The molecule has 0 bridgehead atoms. The molecule has 1 aromatic heterocycles. The summed E-state index contributed by atoms with van der Waals surface area (Å²) < 4.78 is 24.5. The van der Waals surface area contributed by atoms with Gasteiger partial charge in [-0.3, -0.25) is 4.90 Å². The van der Waals surface area contributed by atoms with Crippen molar-refractivity contribution in [2.75, 3.05) is 19.6 Å². The summed E-state index contributed by atoms with van der Waals surface area (Å²) in [5.74, 6) is 0.188. The van der Waals surface area contributed by atoms with Gasteiger partial charge < -0.3 is 9.26 Å². The van der Waals surface area contributed by atoms with E-state index in [0.29, 0.717) is 42.5 Å². The van der Waals surface area contributed by atoms with Gasteiger partial charge in [0.15, 0.2) is 0 Å². The number of aromatic nitrogens is 2. The van der Waals surface area contributed by atoms with Gasteiger partial charge in [0.1, 0.15) is 5.75 Å². The van der Waals surface area contributed by atoms with Crippen LogP contribution in [-0.4, -0.2) is 40.5 Å². The first-order valence-electron chi connectivity index (χ1n) is 10.9. The van der Waals surface area contributed by atoms with E-state index in [1.807, 2.05) is 12.1 Å². The maximum absolute atomic E-state index is 13.7. The van der Waals surface area contributed by atoms with Crippen LogP contribution in [0.25, 0.3) is 22.8 Å². The van der Waals surface area contributed by atoms with Crippen LogP contribution in [0.1, 0.15) is 37.4 Å². The average molecular weight is 436 g/mol. The van der Waals surface area contributed by atoms with Crippen molar-refractivity contribution in [3.63, 3.8) is 0 Å². The van der Waals surface area contributed by atoms with E-state index >= 15 is 0 Å². The Labute approximate surface area is 185 Å². The van der Waals surface area contributed by atoms with E-state index in [4.69, 9.17) is 9.26 Å². The molecular formula is C24H25FN4O3. The van der Waals surface area contributed by atoms with E-state index in [2.05, 4.69) is 26.3 Å². The number of ether oxygens (including phenoxy) is 1. The molecule has 166 valence electrons. The summed E-state index contributed by atoms with van der Waals surface area (Å²) in [6, 6.07) is 13.5. The van der Waals surface area contributed by atoms with E-state index in [1.165, 1.54) is 25.0 Å². The van der Waals surface area contributed by atoms with Crippen molar-refractivity contribution in [1.82, 2.24) is 15.0 Å². The normalized spacial score (nSPS) is 20.2. The number of nitrogens with zero attached hydrogens (tertiary/aromatic N) is 4. The van der Waals surface area contributed by atoms with Crippen LogP contribution in [0.3, 0.4) is 0 Å². The number of fused-ring (bicyclic) bond motifs is 3. The van der Waals surface area contributed by atoms with Gasteiger partial charge in [0.05, 0.1) is 6.54 Å². The van der Waals surface area contributed by atoms with Crippen molar-refractivity contribution in [3.8, 4) is 28.6 Å². The number of halogens is 1. The van der Waals surface area contributed by atoms with Crippen LogP contribution < -0.4 is 4.74 Å². The van der Waals surface area contributed by atoms with Gasteiger partial charge in [-0.1, -0.05) is 28.5 Å². The van der Waals surface area contributed by atoms with Crippen LogP contribution in [0, 0.1) is 10.8 Å². The highest BCUT2D eigenvalue weighted by molar-refractivity contribution is 5.66. The van der Waals surface area contributed by atoms with Gasteiger partial charge in [-0.05, 0) is 60.7 Å². The third-order valence-corrected chi connectivity index (χ3v) is 6.23. The zero-order valence-electron chi connectivity index (χ0n) is 18.1. The average Bonchev–Trinajstić information content (AvgIpc) is 3.47. The third-order valence-electron chi connectivity index (χ3n) is 6.23. The first-order valence-corrected chi connectivity index (χ1v) is 10.9. The lowest BCUT2D eigenvalue weighted by molar-refractivity contribution is -0.0256. The second-order valence-corrected chi connectivity index (χ2v) is 8.87. The predicted octanol–water partition coefficient (Wildman–Crippen LogP) is 5.17. The lowest BCUT2D eigenvalue weighted by Crippen LogP contribution is -2.26. The smallest absolute Gasteiger partial charge is 0.258 e. The van der Waals surface area contributed by atoms with Crippen molar-refractivity contribution < 1.29 is 13.7 Å². The van der Waals surface area contributed by atoms with Gasteiger partial charge in [0.25, 0.3) is 5.89 Å². The summed E-state index contributed by atoms with van der Waals surface area (Å²) >= 11 is 0. The third kappa shape index (κ3) is 3.90. The molecule has 2 atom stereocenters. The summed E-state index contributed by atoms with van der Waals surface area (Å²) in [5.41, 5.74) is 4.27. The van der Waals surface area contributed by atoms with Crippen LogP contribution >= 0.6 is 0 Å². The van der Waals surface area contributed by atoms with E-state index in [9.17, 15) is 9.30 Å². The fraction of sp³-hybridized carbons (Fsp3) is 0.417. The quantitative estimate of drug-likeness (QED) is 0.475. The molecule has 1 aliphatic carbocycles. The first-order chi connectivity index (χ1) is 15.4. The van der Waals surface area contributed by atoms with E-state index in [1.54, 1.807) is 24.3 Å². The molecular weight excluding hydrogens is 411 g/mol. The molecule has 8 heteroatoms.